The van der Waals surface area contributed by atoms with Crippen molar-refractivity contribution >= 4 is 33.4 Å². The molecule has 0 aliphatic heterocycles. The van der Waals surface area contributed by atoms with Gasteiger partial charge in [-0.3, -0.25) is 0 Å². The summed E-state index contributed by atoms with van der Waals surface area (Å²) in [5, 5.41) is 12.1. The van der Waals surface area contributed by atoms with Crippen molar-refractivity contribution in [1.82, 2.24) is 4.98 Å². The molecular formula is C14H13BrN2O2. The monoisotopic (exact) mass is 320 g/mol. The molecule has 2 rings (SSSR count). The van der Waals surface area contributed by atoms with Gasteiger partial charge in [0.2, 0.25) is 0 Å². The summed E-state index contributed by atoms with van der Waals surface area (Å²) in [6, 6.07) is 9.09. The first-order chi connectivity index (χ1) is 8.99. The second kappa shape index (κ2) is 5.40. The summed E-state index contributed by atoms with van der Waals surface area (Å²) in [6.45, 7) is 3.68. The maximum Gasteiger partial charge on any atom is 0.337 e. The highest BCUT2D eigenvalue weighted by Crippen LogP contribution is 2.28. The molecule has 1 aromatic carbocycles. The molecule has 2 N–H and O–H groups in total. The highest BCUT2D eigenvalue weighted by molar-refractivity contribution is 9.10. The first kappa shape index (κ1) is 13.5. The van der Waals surface area contributed by atoms with E-state index in [2.05, 4.69) is 26.2 Å². The Morgan fingerprint density at radius 3 is 2.63 bits per heavy atom. The van der Waals surface area contributed by atoms with Crippen LogP contribution in [0.3, 0.4) is 0 Å². The molecule has 0 aliphatic rings. The minimum absolute atomic E-state index is 0.217. The average Bonchev–Trinajstić information content (AvgIpc) is 2.34. The van der Waals surface area contributed by atoms with Crippen LogP contribution in [-0.2, 0) is 0 Å². The van der Waals surface area contributed by atoms with Gasteiger partial charge in [-0.1, -0.05) is 12.1 Å². The molecule has 5 heteroatoms. The maximum atomic E-state index is 10.9. The van der Waals surface area contributed by atoms with Crippen LogP contribution in [-0.4, -0.2) is 16.1 Å². The average molecular weight is 321 g/mol. The number of halogens is 1. The first-order valence-corrected chi connectivity index (χ1v) is 6.51. The molecule has 0 saturated carbocycles. The Labute approximate surface area is 119 Å². The van der Waals surface area contributed by atoms with E-state index in [0.717, 1.165) is 15.7 Å². The Morgan fingerprint density at radius 2 is 2.00 bits per heavy atom. The molecule has 0 saturated heterocycles. The number of anilines is 2. The topological polar surface area (TPSA) is 62.2 Å². The van der Waals surface area contributed by atoms with Gasteiger partial charge < -0.3 is 10.4 Å². The van der Waals surface area contributed by atoms with Crippen LogP contribution in [0.25, 0.3) is 0 Å². The third kappa shape index (κ3) is 2.93. The van der Waals surface area contributed by atoms with Crippen molar-refractivity contribution in [2.75, 3.05) is 5.32 Å². The number of nitrogens with one attached hydrogen (secondary N) is 1. The Kier molecular flexibility index (Phi) is 3.85. The van der Waals surface area contributed by atoms with Crippen LogP contribution in [0, 0.1) is 13.8 Å². The summed E-state index contributed by atoms with van der Waals surface area (Å²) >= 11 is 3.51. The van der Waals surface area contributed by atoms with Gasteiger partial charge in [0.05, 0.1) is 16.9 Å². The summed E-state index contributed by atoms with van der Waals surface area (Å²) in [6.07, 6.45) is 0. The Bertz CT molecular complexity index is 641. The van der Waals surface area contributed by atoms with Crippen molar-refractivity contribution in [3.8, 4) is 0 Å². The van der Waals surface area contributed by atoms with Gasteiger partial charge in [-0.25, -0.2) is 9.78 Å². The van der Waals surface area contributed by atoms with E-state index in [9.17, 15) is 4.79 Å². The van der Waals surface area contributed by atoms with E-state index in [1.54, 1.807) is 19.1 Å². The van der Waals surface area contributed by atoms with E-state index in [1.165, 1.54) is 0 Å². The minimum atomic E-state index is -0.965. The molecule has 0 atom stereocenters. The number of carboxylic acid groups (broad SMARTS) is 1. The van der Waals surface area contributed by atoms with Crippen molar-refractivity contribution in [2.24, 2.45) is 0 Å². The van der Waals surface area contributed by atoms with Crippen LogP contribution in [0.4, 0.5) is 11.5 Å². The van der Waals surface area contributed by atoms with Crippen molar-refractivity contribution in [3.63, 3.8) is 0 Å². The maximum absolute atomic E-state index is 10.9. The van der Waals surface area contributed by atoms with Crippen LogP contribution in [0.15, 0.2) is 34.8 Å². The number of rotatable bonds is 3. The highest BCUT2D eigenvalue weighted by atomic mass is 79.9. The van der Waals surface area contributed by atoms with Crippen LogP contribution in [0.1, 0.15) is 21.6 Å². The SMILES string of the molecule is Cc1cccc(Nc2ccc(C(=O)O)c(C)n2)c1Br. The van der Waals surface area contributed by atoms with E-state index in [-0.39, 0.29) is 5.56 Å². The van der Waals surface area contributed by atoms with Gasteiger partial charge in [0, 0.05) is 4.47 Å². The van der Waals surface area contributed by atoms with Gasteiger partial charge in [0.25, 0.3) is 0 Å². The summed E-state index contributed by atoms with van der Waals surface area (Å²) in [5.74, 6) is -0.345. The smallest absolute Gasteiger partial charge is 0.337 e. The number of carbonyl (C=O) groups is 1. The van der Waals surface area contributed by atoms with E-state index < -0.39 is 5.97 Å². The number of pyridine rings is 1. The van der Waals surface area contributed by atoms with Crippen LogP contribution in [0.2, 0.25) is 0 Å². The van der Waals surface area contributed by atoms with Gasteiger partial charge >= 0.3 is 5.97 Å². The zero-order chi connectivity index (χ0) is 14.0. The van der Waals surface area contributed by atoms with Gasteiger partial charge in [0.15, 0.2) is 0 Å². The molecular weight excluding hydrogens is 308 g/mol. The van der Waals surface area contributed by atoms with E-state index >= 15 is 0 Å². The molecule has 0 aliphatic carbocycles. The van der Waals surface area contributed by atoms with Crippen molar-refractivity contribution < 1.29 is 9.90 Å². The number of carboxylic acids is 1. The normalized spacial score (nSPS) is 10.3. The zero-order valence-electron chi connectivity index (χ0n) is 10.6. The number of hydrogen-bond acceptors (Lipinski definition) is 3. The summed E-state index contributed by atoms with van der Waals surface area (Å²) in [5.41, 5.74) is 2.72. The fourth-order valence-corrected chi connectivity index (χ4v) is 2.10. The zero-order valence-corrected chi connectivity index (χ0v) is 12.2. The molecule has 4 nitrogen and oxygen atoms in total. The lowest BCUT2D eigenvalue weighted by molar-refractivity contribution is 0.0695. The number of hydrogen-bond donors (Lipinski definition) is 2. The molecule has 2 aromatic rings. The minimum Gasteiger partial charge on any atom is -0.478 e. The first-order valence-electron chi connectivity index (χ1n) is 5.72. The number of aryl methyl sites for hydroxylation is 2. The van der Waals surface area contributed by atoms with Gasteiger partial charge in [-0.2, -0.15) is 0 Å². The summed E-state index contributed by atoms with van der Waals surface area (Å²) < 4.78 is 0.969. The van der Waals surface area contributed by atoms with E-state index in [0.29, 0.717) is 11.5 Å². The second-order valence-electron chi connectivity index (χ2n) is 4.20. The number of aromatic carboxylic acids is 1. The molecule has 98 valence electrons. The molecule has 0 spiro atoms. The number of benzene rings is 1. The Balaban J connectivity index is 2.32. The quantitative estimate of drug-likeness (QED) is 0.900. The van der Waals surface area contributed by atoms with Gasteiger partial charge in [-0.05, 0) is 53.5 Å². The fraction of sp³-hybridized carbons (Fsp3) is 0.143. The number of nitrogens with zero attached hydrogens (tertiary/aromatic N) is 1. The summed E-state index contributed by atoms with van der Waals surface area (Å²) in [7, 11) is 0. The fourth-order valence-electron chi connectivity index (χ4n) is 1.74. The van der Waals surface area contributed by atoms with Crippen LogP contribution in [0.5, 0.6) is 0 Å². The van der Waals surface area contributed by atoms with E-state index in [1.807, 2.05) is 25.1 Å². The predicted octanol–water partition coefficient (Wildman–Crippen LogP) is 3.90. The molecule has 1 aromatic heterocycles. The van der Waals surface area contributed by atoms with Gasteiger partial charge in [0.1, 0.15) is 5.82 Å². The third-order valence-electron chi connectivity index (χ3n) is 2.77. The molecule has 1 heterocycles. The predicted molar refractivity (Wildman–Crippen MR) is 78.1 cm³/mol. The molecule has 0 bridgehead atoms. The lowest BCUT2D eigenvalue weighted by Gasteiger charge is -2.10. The Morgan fingerprint density at radius 1 is 1.26 bits per heavy atom. The van der Waals surface area contributed by atoms with Crippen LogP contribution < -0.4 is 5.32 Å². The molecule has 0 radical (unpaired) electrons. The third-order valence-corrected chi connectivity index (χ3v) is 3.82. The van der Waals surface area contributed by atoms with Gasteiger partial charge in [-0.15, -0.1) is 0 Å². The highest BCUT2D eigenvalue weighted by Gasteiger charge is 2.09. The van der Waals surface area contributed by atoms with Crippen LogP contribution >= 0.6 is 15.9 Å². The lowest BCUT2D eigenvalue weighted by Crippen LogP contribution is -2.04. The summed E-state index contributed by atoms with van der Waals surface area (Å²) in [4.78, 5) is 15.2. The molecule has 19 heavy (non-hydrogen) atoms. The largest absolute Gasteiger partial charge is 0.478 e. The molecule has 0 unspecified atom stereocenters. The lowest BCUT2D eigenvalue weighted by atomic mass is 10.2. The van der Waals surface area contributed by atoms with Crippen molar-refractivity contribution in [1.29, 1.82) is 0 Å². The van der Waals surface area contributed by atoms with E-state index in [4.69, 9.17) is 5.11 Å². The molecule has 0 fully saturated rings. The second-order valence-corrected chi connectivity index (χ2v) is 4.99. The Hall–Kier alpha value is -1.88. The standard InChI is InChI=1S/C14H13BrN2O2/c1-8-4-3-5-11(13(8)15)17-12-7-6-10(14(18)19)9(2)16-12/h3-7H,1-2H3,(H,16,17)(H,18,19). The molecule has 0 amide bonds. The van der Waals surface area contributed by atoms with Crippen molar-refractivity contribution in [2.45, 2.75) is 13.8 Å². The van der Waals surface area contributed by atoms with Crippen molar-refractivity contribution in [3.05, 3.63) is 51.6 Å². The number of aromatic nitrogens is 1.